The third-order valence-electron chi connectivity index (χ3n) is 13.8. The maximum absolute atomic E-state index is 14.1. The number of piperidine rings is 1. The van der Waals surface area contributed by atoms with Gasteiger partial charge in [-0.2, -0.15) is 0 Å². The molecule has 9 rings (SSSR count). The van der Waals surface area contributed by atoms with Crippen molar-refractivity contribution in [3.63, 3.8) is 0 Å². The number of H-pyrrole nitrogens is 1. The van der Waals surface area contributed by atoms with E-state index in [1.54, 1.807) is 72.9 Å². The molecular formula is C57H57N5O8. The number of aryl methyl sites for hydroxylation is 1. The van der Waals surface area contributed by atoms with Gasteiger partial charge in [0, 0.05) is 54.7 Å². The average molecular weight is 940 g/mol. The van der Waals surface area contributed by atoms with Gasteiger partial charge < -0.3 is 30.4 Å². The lowest BCUT2D eigenvalue weighted by Gasteiger charge is -2.35. The largest absolute Gasteiger partial charge is 0.506 e. The van der Waals surface area contributed by atoms with E-state index in [2.05, 4.69) is 37.3 Å². The Morgan fingerprint density at radius 1 is 0.829 bits per heavy atom. The number of fused-ring (bicyclic) bond motifs is 1. The molecule has 1 saturated heterocycles. The van der Waals surface area contributed by atoms with Crippen LogP contribution in [0.3, 0.4) is 0 Å². The summed E-state index contributed by atoms with van der Waals surface area (Å²) in [7, 11) is 0. The van der Waals surface area contributed by atoms with E-state index in [1.807, 2.05) is 42.5 Å². The third kappa shape index (κ3) is 11.1. The van der Waals surface area contributed by atoms with Crippen molar-refractivity contribution in [2.45, 2.75) is 81.8 Å². The van der Waals surface area contributed by atoms with E-state index in [-0.39, 0.29) is 59.8 Å². The van der Waals surface area contributed by atoms with E-state index in [0.29, 0.717) is 76.5 Å². The molecule has 5 aromatic carbocycles. The summed E-state index contributed by atoms with van der Waals surface area (Å²) in [5.41, 5.74) is 3.44. The number of aliphatic hydroxyl groups is 2. The summed E-state index contributed by atoms with van der Waals surface area (Å²) >= 11 is 0. The van der Waals surface area contributed by atoms with Crippen LogP contribution in [0.25, 0.3) is 22.2 Å². The third-order valence-corrected chi connectivity index (χ3v) is 13.8. The standard InChI is InChI=1S/C57H57N5O8/c63-50(46-21-23-51(64)55-47(46)22-24-54(67)61-55)16-7-11-37-17-19-40(20-18-37)56(68)59-44-29-39(30-44)31-52(65)49-34-58-33-48(60-49)41-12-8-15-43(32-41)57(69,42-13-5-2-6-14-42)53(66)36-70-45-25-27-62(28-26-45)35-38-9-3-1-4-10-38/h1-6,8-10,12-15,17-24,32-34,39,44-45,50,63-64,69H,7,11,16,25-31,35-36H2,(H,59,68)(H,61,67)/t39?,44?,50-,57-/m0/s1. The van der Waals surface area contributed by atoms with Crippen LogP contribution in [0.1, 0.15) is 99.7 Å². The lowest BCUT2D eigenvalue weighted by molar-refractivity contribution is -0.142. The summed E-state index contributed by atoms with van der Waals surface area (Å²) in [6.07, 6.45) is 7.10. The number of hydrogen-bond acceptors (Lipinski definition) is 11. The number of benzene rings is 5. The summed E-state index contributed by atoms with van der Waals surface area (Å²) in [5.74, 6) is -0.796. The number of ketones is 2. The molecule has 13 heteroatoms. The van der Waals surface area contributed by atoms with Crippen molar-refractivity contribution in [2.75, 3.05) is 19.7 Å². The maximum Gasteiger partial charge on any atom is 0.251 e. The lowest BCUT2D eigenvalue weighted by atomic mass is 9.77. The number of nitrogens with one attached hydrogen (secondary N) is 2. The summed E-state index contributed by atoms with van der Waals surface area (Å²) in [6.45, 7) is 2.32. The molecule has 0 spiro atoms. The van der Waals surface area contributed by atoms with E-state index < -0.39 is 17.5 Å². The topological polar surface area (TPSA) is 195 Å². The molecule has 1 aliphatic heterocycles. The fourth-order valence-corrected chi connectivity index (χ4v) is 9.77. The molecule has 1 saturated carbocycles. The van der Waals surface area contributed by atoms with E-state index in [1.165, 1.54) is 23.9 Å². The zero-order valence-electron chi connectivity index (χ0n) is 38.9. The van der Waals surface area contributed by atoms with Gasteiger partial charge in [0.1, 0.15) is 18.1 Å². The Morgan fingerprint density at radius 2 is 1.56 bits per heavy atom. The Morgan fingerprint density at radius 3 is 2.31 bits per heavy atom. The summed E-state index contributed by atoms with van der Waals surface area (Å²) in [6, 6.07) is 39.7. The number of phenolic OH excluding ortho intramolecular Hbond substituents is 1. The number of aromatic amines is 1. The molecule has 2 aliphatic rings. The molecule has 13 nitrogen and oxygen atoms in total. The Hall–Kier alpha value is -7.16. The number of aromatic hydroxyl groups is 1. The molecule has 2 fully saturated rings. The van der Waals surface area contributed by atoms with Crippen LogP contribution < -0.4 is 10.9 Å². The second-order valence-corrected chi connectivity index (χ2v) is 18.7. The van der Waals surface area contributed by atoms with Crippen molar-refractivity contribution in [1.82, 2.24) is 25.2 Å². The van der Waals surface area contributed by atoms with Crippen LogP contribution in [0, 0.1) is 5.92 Å². The van der Waals surface area contributed by atoms with Gasteiger partial charge in [0.25, 0.3) is 5.91 Å². The van der Waals surface area contributed by atoms with Crippen LogP contribution in [-0.2, 0) is 28.1 Å². The minimum absolute atomic E-state index is 0.0519. The van der Waals surface area contributed by atoms with Crippen molar-refractivity contribution in [2.24, 2.45) is 5.92 Å². The summed E-state index contributed by atoms with van der Waals surface area (Å²) in [4.78, 5) is 66.6. The molecule has 1 amide bonds. The Bertz CT molecular complexity index is 3010. The summed E-state index contributed by atoms with van der Waals surface area (Å²) < 4.78 is 6.19. The Balaban J connectivity index is 0.754. The zero-order chi connectivity index (χ0) is 48.6. The fourth-order valence-electron chi connectivity index (χ4n) is 9.77. The number of likely N-dealkylation sites (tertiary alicyclic amines) is 1. The van der Waals surface area contributed by atoms with E-state index >= 15 is 0 Å². The van der Waals surface area contributed by atoms with Gasteiger partial charge in [-0.05, 0) is 109 Å². The summed E-state index contributed by atoms with van der Waals surface area (Å²) in [5, 5.41) is 37.2. The Kier molecular flexibility index (Phi) is 14.8. The molecule has 0 radical (unpaired) electrons. The van der Waals surface area contributed by atoms with Gasteiger partial charge >= 0.3 is 0 Å². The van der Waals surface area contributed by atoms with Crippen LogP contribution in [-0.4, -0.2) is 84.5 Å². The van der Waals surface area contributed by atoms with Crippen molar-refractivity contribution < 1.29 is 34.4 Å². The second-order valence-electron chi connectivity index (χ2n) is 18.7. The van der Waals surface area contributed by atoms with Gasteiger partial charge in [0.05, 0.1) is 35.8 Å². The predicted octanol–water partition coefficient (Wildman–Crippen LogP) is 8.01. The van der Waals surface area contributed by atoms with E-state index in [4.69, 9.17) is 4.74 Å². The monoisotopic (exact) mass is 939 g/mol. The number of pyridine rings is 1. The lowest BCUT2D eigenvalue weighted by Crippen LogP contribution is -2.44. The molecule has 0 bridgehead atoms. The molecule has 2 atom stereocenters. The SMILES string of the molecule is O=C(NC1CC(CC(=O)c2cncc(-c3cccc([C@](O)(C(=O)COC4CCN(Cc5ccccc5)CC4)c4ccccc4)c3)n2)C1)c1ccc(CCC[C@H](O)c2ccc(O)c3[nH]c(=O)ccc23)cc1. The molecule has 2 aromatic heterocycles. The number of Topliss-reactive ketones (excluding diaryl/α,β-unsaturated/α-hetero) is 2. The highest BCUT2D eigenvalue weighted by Crippen LogP contribution is 2.35. The van der Waals surface area contributed by atoms with Crippen LogP contribution >= 0.6 is 0 Å². The molecule has 1 aliphatic carbocycles. The number of phenols is 1. The number of aromatic nitrogens is 3. The highest BCUT2D eigenvalue weighted by molar-refractivity contribution is 5.96. The minimum Gasteiger partial charge on any atom is -0.506 e. The fraction of sp³-hybridized carbons (Fsp3) is 0.298. The van der Waals surface area contributed by atoms with Crippen LogP contribution in [0.2, 0.25) is 0 Å². The van der Waals surface area contributed by atoms with Crippen molar-refractivity contribution in [3.8, 4) is 17.0 Å². The first-order chi connectivity index (χ1) is 34.0. The molecule has 3 heterocycles. The van der Waals surface area contributed by atoms with Crippen molar-refractivity contribution >= 4 is 28.4 Å². The van der Waals surface area contributed by atoms with E-state index in [9.17, 15) is 34.5 Å². The van der Waals surface area contributed by atoms with Gasteiger partial charge in [-0.15, -0.1) is 0 Å². The number of carbonyl (C=O) groups excluding carboxylic acids is 3. The van der Waals surface area contributed by atoms with E-state index in [0.717, 1.165) is 38.0 Å². The number of ether oxygens (including phenoxy) is 1. The van der Waals surface area contributed by atoms with Gasteiger partial charge in [-0.3, -0.25) is 29.1 Å². The number of nitrogens with zero attached hydrogens (tertiary/aromatic N) is 3. The smallest absolute Gasteiger partial charge is 0.251 e. The normalized spacial score (nSPS) is 17.6. The second kappa shape index (κ2) is 21.6. The van der Waals surface area contributed by atoms with Crippen LogP contribution in [0.5, 0.6) is 5.75 Å². The first-order valence-corrected chi connectivity index (χ1v) is 24.1. The van der Waals surface area contributed by atoms with Crippen LogP contribution in [0.15, 0.2) is 151 Å². The molecule has 358 valence electrons. The quantitative estimate of drug-likeness (QED) is 0.0493. The van der Waals surface area contributed by atoms with Gasteiger partial charge in [-0.25, -0.2) is 4.98 Å². The number of amides is 1. The molecule has 7 aromatic rings. The average Bonchev–Trinajstić information content (AvgIpc) is 3.38. The minimum atomic E-state index is -2.00. The molecular weight excluding hydrogens is 883 g/mol. The van der Waals surface area contributed by atoms with Crippen molar-refractivity contribution in [3.05, 3.63) is 195 Å². The number of carbonyl (C=O) groups is 3. The molecule has 5 N–H and O–H groups in total. The number of rotatable bonds is 19. The molecule has 70 heavy (non-hydrogen) atoms. The maximum atomic E-state index is 14.1. The number of hydrogen-bond donors (Lipinski definition) is 5. The van der Waals surface area contributed by atoms with Gasteiger partial charge in [-0.1, -0.05) is 97.1 Å². The highest BCUT2D eigenvalue weighted by Gasteiger charge is 2.40. The number of aliphatic hydroxyl groups excluding tert-OH is 1. The van der Waals surface area contributed by atoms with Gasteiger partial charge in [0.15, 0.2) is 17.2 Å². The van der Waals surface area contributed by atoms with Gasteiger partial charge in [0.2, 0.25) is 5.56 Å². The first kappa shape index (κ1) is 47.9. The zero-order valence-corrected chi connectivity index (χ0v) is 38.9. The first-order valence-electron chi connectivity index (χ1n) is 24.1. The Labute approximate surface area is 406 Å². The predicted molar refractivity (Wildman–Crippen MR) is 266 cm³/mol. The van der Waals surface area contributed by atoms with Crippen LogP contribution in [0.4, 0.5) is 0 Å². The highest BCUT2D eigenvalue weighted by atomic mass is 16.5. The van der Waals surface area contributed by atoms with Crippen molar-refractivity contribution in [1.29, 1.82) is 0 Å². The molecule has 0 unspecified atom stereocenters.